The first-order valence-electron chi connectivity index (χ1n) is 5.80. The highest BCUT2D eigenvalue weighted by Crippen LogP contribution is 2.25. The Balaban J connectivity index is 2.27. The summed E-state index contributed by atoms with van der Waals surface area (Å²) in [6.07, 6.45) is 0. The zero-order valence-corrected chi connectivity index (χ0v) is 12.8. The molecule has 0 aliphatic heterocycles. The molecule has 106 valence electrons. The number of rotatable bonds is 4. The van der Waals surface area contributed by atoms with Gasteiger partial charge >= 0.3 is 0 Å². The van der Waals surface area contributed by atoms with E-state index in [0.717, 1.165) is 16.9 Å². The van der Waals surface area contributed by atoms with Gasteiger partial charge in [-0.1, -0.05) is 5.16 Å². The van der Waals surface area contributed by atoms with Crippen LogP contribution in [0.3, 0.4) is 0 Å². The van der Waals surface area contributed by atoms with Crippen molar-refractivity contribution in [2.45, 2.75) is 31.0 Å². The van der Waals surface area contributed by atoms with E-state index in [-0.39, 0.29) is 4.21 Å². The molecule has 0 bridgehead atoms. The predicted molar refractivity (Wildman–Crippen MR) is 73.7 cm³/mol. The number of aryl methyl sites for hydroxylation is 2. The van der Waals surface area contributed by atoms with Crippen molar-refractivity contribution in [1.29, 1.82) is 5.26 Å². The Morgan fingerprint density at radius 3 is 2.65 bits per heavy atom. The van der Waals surface area contributed by atoms with Crippen molar-refractivity contribution in [1.82, 2.24) is 9.88 Å². The molecule has 2 aromatic heterocycles. The lowest BCUT2D eigenvalue weighted by molar-refractivity contribution is 0.391. The zero-order valence-electron chi connectivity index (χ0n) is 11.2. The van der Waals surface area contributed by atoms with Gasteiger partial charge in [0.25, 0.3) is 10.0 Å². The van der Waals surface area contributed by atoms with Crippen LogP contribution in [0, 0.1) is 25.2 Å². The summed E-state index contributed by atoms with van der Waals surface area (Å²) in [5.74, 6) is 0.585. The largest absolute Gasteiger partial charge is 0.361 e. The van der Waals surface area contributed by atoms with Gasteiger partial charge in [0.15, 0.2) is 0 Å². The number of nitrogens with one attached hydrogen (secondary N) is 1. The number of sulfonamides is 1. The molecule has 2 rings (SSSR count). The molecule has 0 aromatic carbocycles. The molecule has 1 atom stereocenters. The monoisotopic (exact) mass is 311 g/mol. The van der Waals surface area contributed by atoms with Crippen LogP contribution in [0.5, 0.6) is 0 Å². The summed E-state index contributed by atoms with van der Waals surface area (Å²) in [7, 11) is -3.66. The lowest BCUT2D eigenvalue weighted by Crippen LogP contribution is -2.26. The van der Waals surface area contributed by atoms with Gasteiger partial charge in [0.2, 0.25) is 0 Å². The minimum absolute atomic E-state index is 0.118. The smallest absolute Gasteiger partial charge is 0.250 e. The second-order valence-electron chi connectivity index (χ2n) is 4.31. The van der Waals surface area contributed by atoms with Crippen molar-refractivity contribution < 1.29 is 12.9 Å². The van der Waals surface area contributed by atoms with E-state index in [0.29, 0.717) is 16.3 Å². The minimum atomic E-state index is -3.66. The van der Waals surface area contributed by atoms with Gasteiger partial charge in [0, 0.05) is 11.6 Å². The first kappa shape index (κ1) is 14.7. The van der Waals surface area contributed by atoms with Crippen LogP contribution >= 0.6 is 11.3 Å². The summed E-state index contributed by atoms with van der Waals surface area (Å²) in [6, 6.07) is 4.37. The predicted octanol–water partition coefficient (Wildman–Crippen LogP) is 2.26. The molecule has 0 amide bonds. The Kier molecular flexibility index (Phi) is 3.94. The maximum absolute atomic E-state index is 12.2. The number of hydrogen-bond acceptors (Lipinski definition) is 6. The molecule has 0 aliphatic carbocycles. The molecular formula is C12H13N3O3S2. The Bertz CT molecular complexity index is 749. The lowest BCUT2D eigenvalue weighted by Gasteiger charge is -2.13. The van der Waals surface area contributed by atoms with Gasteiger partial charge in [-0.3, -0.25) is 0 Å². The second-order valence-corrected chi connectivity index (χ2v) is 7.34. The van der Waals surface area contributed by atoms with Crippen LogP contribution in [-0.4, -0.2) is 13.6 Å². The van der Waals surface area contributed by atoms with Gasteiger partial charge in [0.05, 0.1) is 5.69 Å². The van der Waals surface area contributed by atoms with Crippen LogP contribution in [0.2, 0.25) is 0 Å². The third-order valence-electron chi connectivity index (χ3n) is 2.81. The van der Waals surface area contributed by atoms with Gasteiger partial charge in [-0.25, -0.2) is 13.1 Å². The topological polar surface area (TPSA) is 96.0 Å². The maximum Gasteiger partial charge on any atom is 0.250 e. The number of thiophene rings is 1. The molecule has 0 saturated carbocycles. The molecule has 2 aromatic rings. The van der Waals surface area contributed by atoms with Crippen LogP contribution in [0.4, 0.5) is 0 Å². The molecule has 0 aliphatic rings. The van der Waals surface area contributed by atoms with Crippen LogP contribution < -0.4 is 4.72 Å². The van der Waals surface area contributed by atoms with Gasteiger partial charge in [-0.05, 0) is 32.9 Å². The molecule has 0 saturated heterocycles. The average Bonchev–Trinajstić information content (AvgIpc) is 2.96. The van der Waals surface area contributed by atoms with E-state index in [1.165, 1.54) is 12.1 Å². The van der Waals surface area contributed by atoms with Gasteiger partial charge < -0.3 is 4.52 Å². The molecule has 0 spiro atoms. The van der Waals surface area contributed by atoms with E-state index in [1.807, 2.05) is 6.07 Å². The Labute approximate surface area is 121 Å². The summed E-state index contributed by atoms with van der Waals surface area (Å²) in [5, 5.41) is 12.6. The SMILES string of the molecule is Cc1noc(C)c1C(C)NS(=O)(=O)c1ccc(C#N)s1. The van der Waals surface area contributed by atoms with Crippen molar-refractivity contribution in [3.63, 3.8) is 0 Å². The molecule has 1 unspecified atom stereocenters. The number of nitrogens with zero attached hydrogens (tertiary/aromatic N) is 2. The van der Waals surface area contributed by atoms with E-state index in [2.05, 4.69) is 9.88 Å². The van der Waals surface area contributed by atoms with Crippen LogP contribution in [0.15, 0.2) is 20.9 Å². The summed E-state index contributed by atoms with van der Waals surface area (Å²) in [5.41, 5.74) is 1.38. The van der Waals surface area contributed by atoms with Crippen molar-refractivity contribution in [2.75, 3.05) is 0 Å². The van der Waals surface area contributed by atoms with E-state index in [9.17, 15) is 8.42 Å². The van der Waals surface area contributed by atoms with Crippen molar-refractivity contribution in [2.24, 2.45) is 0 Å². The molecule has 2 heterocycles. The normalized spacial score (nSPS) is 13.1. The maximum atomic E-state index is 12.2. The Hall–Kier alpha value is -1.69. The van der Waals surface area contributed by atoms with Crippen LogP contribution in [0.1, 0.15) is 34.9 Å². The molecule has 6 nitrogen and oxygen atoms in total. The van der Waals surface area contributed by atoms with Crippen LogP contribution in [0.25, 0.3) is 0 Å². The van der Waals surface area contributed by atoms with E-state index in [4.69, 9.17) is 9.78 Å². The summed E-state index contributed by atoms with van der Waals surface area (Å²) < 4.78 is 32.2. The third-order valence-corrected chi connectivity index (χ3v) is 5.83. The lowest BCUT2D eigenvalue weighted by atomic mass is 10.1. The quantitative estimate of drug-likeness (QED) is 0.934. The molecule has 20 heavy (non-hydrogen) atoms. The van der Waals surface area contributed by atoms with E-state index in [1.54, 1.807) is 20.8 Å². The van der Waals surface area contributed by atoms with E-state index < -0.39 is 16.1 Å². The Morgan fingerprint density at radius 2 is 2.15 bits per heavy atom. The van der Waals surface area contributed by atoms with Crippen molar-refractivity contribution in [3.05, 3.63) is 34.0 Å². The summed E-state index contributed by atoms with van der Waals surface area (Å²) in [4.78, 5) is 0.357. The fourth-order valence-corrected chi connectivity index (χ4v) is 4.32. The molecule has 1 N–H and O–H groups in total. The van der Waals surface area contributed by atoms with Gasteiger partial charge in [0.1, 0.15) is 20.9 Å². The number of hydrogen-bond donors (Lipinski definition) is 1. The summed E-state index contributed by atoms with van der Waals surface area (Å²) >= 11 is 0.937. The fraction of sp³-hybridized carbons (Fsp3) is 0.333. The van der Waals surface area contributed by atoms with Gasteiger partial charge in [-0.2, -0.15) is 5.26 Å². The minimum Gasteiger partial charge on any atom is -0.361 e. The molecule has 0 radical (unpaired) electrons. The highest BCUT2D eigenvalue weighted by atomic mass is 32.2. The average molecular weight is 311 g/mol. The third kappa shape index (κ3) is 2.75. The molecule has 0 fully saturated rings. The highest BCUT2D eigenvalue weighted by molar-refractivity contribution is 7.91. The second kappa shape index (κ2) is 5.36. The zero-order chi connectivity index (χ0) is 14.9. The summed E-state index contributed by atoms with van der Waals surface area (Å²) in [6.45, 7) is 5.22. The first-order chi connectivity index (χ1) is 9.35. The van der Waals surface area contributed by atoms with Crippen molar-refractivity contribution >= 4 is 21.4 Å². The van der Waals surface area contributed by atoms with Crippen molar-refractivity contribution in [3.8, 4) is 6.07 Å². The fourth-order valence-electron chi connectivity index (χ4n) is 1.98. The van der Waals surface area contributed by atoms with Gasteiger partial charge in [-0.15, -0.1) is 11.3 Å². The standard InChI is InChI=1S/C12H13N3O3S2/c1-7-12(9(3)18-14-7)8(2)15-20(16,17)11-5-4-10(6-13)19-11/h4-5,8,15H,1-3H3. The number of nitriles is 1. The van der Waals surface area contributed by atoms with Crippen LogP contribution in [-0.2, 0) is 10.0 Å². The first-order valence-corrected chi connectivity index (χ1v) is 8.10. The highest BCUT2D eigenvalue weighted by Gasteiger charge is 2.24. The molecule has 8 heteroatoms. The Morgan fingerprint density at radius 1 is 1.45 bits per heavy atom. The van der Waals surface area contributed by atoms with E-state index >= 15 is 0 Å². The molecular weight excluding hydrogens is 298 g/mol. The number of aromatic nitrogens is 1.